The van der Waals surface area contributed by atoms with Gasteiger partial charge in [-0.1, -0.05) is 0 Å². The monoisotopic (exact) mass is 314 g/mol. The van der Waals surface area contributed by atoms with E-state index < -0.39 is 5.54 Å². The van der Waals surface area contributed by atoms with Gasteiger partial charge in [-0.15, -0.1) is 10.2 Å². The molecule has 1 N–H and O–H groups in total. The Kier molecular flexibility index (Phi) is 4.10. The number of ether oxygens (including phenoxy) is 1. The van der Waals surface area contributed by atoms with Crippen molar-refractivity contribution >= 4 is 11.9 Å². The van der Waals surface area contributed by atoms with E-state index >= 15 is 0 Å². The Balaban J connectivity index is 1.72. The Bertz CT molecular complexity index is 691. The minimum atomic E-state index is -0.861. The molecule has 7 nitrogen and oxygen atoms in total. The van der Waals surface area contributed by atoms with Crippen molar-refractivity contribution in [3.05, 3.63) is 42.5 Å². The highest BCUT2D eigenvalue weighted by molar-refractivity contribution is 5.98. The van der Waals surface area contributed by atoms with Crippen molar-refractivity contribution in [1.29, 1.82) is 0 Å². The summed E-state index contributed by atoms with van der Waals surface area (Å²) in [5.74, 6) is -0.617. The summed E-state index contributed by atoms with van der Waals surface area (Å²) in [5.41, 5.74) is 0.493. The molecule has 1 aliphatic rings. The SMILES string of the molecule is CCOC(=O)C1(NC(=O)c2ccc(-n3cnnc3)cc2)CCC1. The fraction of sp³-hybridized carbons (Fsp3) is 0.375. The zero-order valence-corrected chi connectivity index (χ0v) is 12.9. The van der Waals surface area contributed by atoms with Crippen LogP contribution in [0.5, 0.6) is 0 Å². The van der Waals surface area contributed by atoms with Crippen LogP contribution in [0.1, 0.15) is 36.5 Å². The van der Waals surface area contributed by atoms with Crippen LogP contribution in [0, 0.1) is 0 Å². The molecule has 0 radical (unpaired) electrons. The summed E-state index contributed by atoms with van der Waals surface area (Å²) in [6.45, 7) is 2.07. The number of rotatable bonds is 5. The van der Waals surface area contributed by atoms with Crippen molar-refractivity contribution in [2.24, 2.45) is 0 Å². The van der Waals surface area contributed by atoms with Gasteiger partial charge in [0.1, 0.15) is 18.2 Å². The summed E-state index contributed by atoms with van der Waals surface area (Å²) in [5, 5.41) is 10.3. The molecule has 2 aromatic rings. The summed E-state index contributed by atoms with van der Waals surface area (Å²) in [4.78, 5) is 24.5. The topological polar surface area (TPSA) is 86.1 Å². The highest BCUT2D eigenvalue weighted by Gasteiger charge is 2.46. The van der Waals surface area contributed by atoms with Crippen LogP contribution in [-0.2, 0) is 9.53 Å². The summed E-state index contributed by atoms with van der Waals surface area (Å²) in [6.07, 6.45) is 5.32. The maximum atomic E-state index is 12.4. The standard InChI is InChI=1S/C16H18N4O3/c1-2-23-15(22)16(8-3-9-16)19-14(21)12-4-6-13(7-5-12)20-10-17-18-11-20/h4-7,10-11H,2-3,8-9H2,1H3,(H,19,21). The van der Waals surface area contributed by atoms with Gasteiger partial charge in [-0.3, -0.25) is 9.36 Å². The molecule has 0 unspecified atom stereocenters. The number of benzene rings is 1. The van der Waals surface area contributed by atoms with Gasteiger partial charge in [0, 0.05) is 11.3 Å². The third-order valence-electron chi connectivity index (χ3n) is 4.07. The van der Waals surface area contributed by atoms with E-state index in [1.165, 1.54) is 0 Å². The maximum Gasteiger partial charge on any atom is 0.331 e. The number of carbonyl (C=O) groups is 2. The number of nitrogens with one attached hydrogen (secondary N) is 1. The van der Waals surface area contributed by atoms with E-state index in [4.69, 9.17) is 4.74 Å². The van der Waals surface area contributed by atoms with Crippen molar-refractivity contribution in [2.45, 2.75) is 31.7 Å². The number of hydrogen-bond donors (Lipinski definition) is 1. The van der Waals surface area contributed by atoms with E-state index in [9.17, 15) is 9.59 Å². The third-order valence-corrected chi connectivity index (χ3v) is 4.07. The highest BCUT2D eigenvalue weighted by atomic mass is 16.5. The first-order valence-corrected chi connectivity index (χ1v) is 7.59. The second-order valence-corrected chi connectivity index (χ2v) is 5.53. The summed E-state index contributed by atoms with van der Waals surface area (Å²) in [6, 6.07) is 7.02. The number of nitrogens with zero attached hydrogens (tertiary/aromatic N) is 3. The van der Waals surface area contributed by atoms with Crippen molar-refractivity contribution in [3.8, 4) is 5.69 Å². The molecule has 0 spiro atoms. The zero-order valence-electron chi connectivity index (χ0n) is 12.9. The molecule has 1 saturated carbocycles. The van der Waals surface area contributed by atoms with Crippen LogP contribution in [0.4, 0.5) is 0 Å². The van der Waals surface area contributed by atoms with E-state index in [1.54, 1.807) is 48.4 Å². The Morgan fingerprint density at radius 3 is 2.39 bits per heavy atom. The lowest BCUT2D eigenvalue weighted by atomic mass is 9.76. The van der Waals surface area contributed by atoms with E-state index in [0.717, 1.165) is 12.1 Å². The van der Waals surface area contributed by atoms with E-state index in [2.05, 4.69) is 15.5 Å². The van der Waals surface area contributed by atoms with E-state index in [1.807, 2.05) is 0 Å². The third kappa shape index (κ3) is 2.94. The van der Waals surface area contributed by atoms with Crippen molar-refractivity contribution in [2.75, 3.05) is 6.61 Å². The Morgan fingerprint density at radius 1 is 1.22 bits per heavy atom. The van der Waals surface area contributed by atoms with Crippen LogP contribution in [0.15, 0.2) is 36.9 Å². The average molecular weight is 314 g/mol. The van der Waals surface area contributed by atoms with Crippen LogP contribution in [0.25, 0.3) is 5.69 Å². The van der Waals surface area contributed by atoms with Crippen molar-refractivity contribution < 1.29 is 14.3 Å². The predicted octanol–water partition coefficient (Wildman–Crippen LogP) is 1.48. The fourth-order valence-electron chi connectivity index (χ4n) is 2.59. The van der Waals surface area contributed by atoms with Crippen LogP contribution in [0.2, 0.25) is 0 Å². The summed E-state index contributed by atoms with van der Waals surface area (Å²) < 4.78 is 6.83. The summed E-state index contributed by atoms with van der Waals surface area (Å²) >= 11 is 0. The van der Waals surface area contributed by atoms with Gasteiger partial charge < -0.3 is 10.1 Å². The van der Waals surface area contributed by atoms with Gasteiger partial charge in [0.15, 0.2) is 0 Å². The molecule has 0 aliphatic heterocycles. The van der Waals surface area contributed by atoms with Gasteiger partial charge in [-0.05, 0) is 50.5 Å². The number of hydrogen-bond acceptors (Lipinski definition) is 5. The maximum absolute atomic E-state index is 12.4. The summed E-state index contributed by atoms with van der Waals surface area (Å²) in [7, 11) is 0. The normalized spacial score (nSPS) is 15.5. The van der Waals surface area contributed by atoms with Crippen LogP contribution in [-0.4, -0.2) is 38.8 Å². The fourth-order valence-corrected chi connectivity index (χ4v) is 2.59. The Morgan fingerprint density at radius 2 is 1.87 bits per heavy atom. The van der Waals surface area contributed by atoms with Gasteiger partial charge in [-0.2, -0.15) is 0 Å². The number of esters is 1. The quantitative estimate of drug-likeness (QED) is 0.845. The number of aromatic nitrogens is 3. The molecular formula is C16H18N4O3. The van der Waals surface area contributed by atoms with Gasteiger partial charge in [-0.25, -0.2) is 4.79 Å². The molecule has 1 heterocycles. The molecule has 1 amide bonds. The lowest BCUT2D eigenvalue weighted by molar-refractivity contribution is -0.154. The molecule has 3 rings (SSSR count). The van der Waals surface area contributed by atoms with Gasteiger partial charge >= 0.3 is 5.97 Å². The predicted molar refractivity (Wildman–Crippen MR) is 82.0 cm³/mol. The molecule has 0 bridgehead atoms. The molecule has 1 aromatic carbocycles. The smallest absolute Gasteiger partial charge is 0.331 e. The molecule has 0 saturated heterocycles. The zero-order chi connectivity index (χ0) is 16.3. The van der Waals surface area contributed by atoms with E-state index in [0.29, 0.717) is 25.0 Å². The highest BCUT2D eigenvalue weighted by Crippen LogP contribution is 2.33. The number of carbonyl (C=O) groups excluding carboxylic acids is 2. The Labute approximate surface area is 133 Å². The number of amides is 1. The second kappa shape index (κ2) is 6.20. The molecule has 0 atom stereocenters. The molecular weight excluding hydrogens is 296 g/mol. The lowest BCUT2D eigenvalue weighted by Gasteiger charge is -2.39. The minimum absolute atomic E-state index is 0.270. The van der Waals surface area contributed by atoms with Crippen molar-refractivity contribution in [3.63, 3.8) is 0 Å². The first kappa shape index (κ1) is 15.2. The van der Waals surface area contributed by atoms with Crippen LogP contribution in [0.3, 0.4) is 0 Å². The average Bonchev–Trinajstić information content (AvgIpc) is 3.05. The molecule has 120 valence electrons. The van der Waals surface area contributed by atoms with E-state index in [-0.39, 0.29) is 11.9 Å². The van der Waals surface area contributed by atoms with Gasteiger partial charge in [0.05, 0.1) is 6.61 Å². The molecule has 1 aromatic heterocycles. The van der Waals surface area contributed by atoms with Crippen LogP contribution < -0.4 is 5.32 Å². The lowest BCUT2D eigenvalue weighted by Crippen LogP contribution is -2.59. The molecule has 1 fully saturated rings. The second-order valence-electron chi connectivity index (χ2n) is 5.53. The minimum Gasteiger partial charge on any atom is -0.464 e. The van der Waals surface area contributed by atoms with Gasteiger partial charge in [0.2, 0.25) is 0 Å². The first-order valence-electron chi connectivity index (χ1n) is 7.59. The van der Waals surface area contributed by atoms with Crippen LogP contribution >= 0.6 is 0 Å². The van der Waals surface area contributed by atoms with Gasteiger partial charge in [0.25, 0.3) is 5.91 Å². The molecule has 7 heteroatoms. The molecule has 23 heavy (non-hydrogen) atoms. The largest absolute Gasteiger partial charge is 0.464 e. The van der Waals surface area contributed by atoms with Crippen molar-refractivity contribution in [1.82, 2.24) is 20.1 Å². The first-order chi connectivity index (χ1) is 11.1. The molecule has 1 aliphatic carbocycles. The Hall–Kier alpha value is -2.70.